The van der Waals surface area contributed by atoms with Crippen LogP contribution < -0.4 is 20.2 Å². The number of carbonyl (C=O) groups is 3. The van der Waals surface area contributed by atoms with Crippen LogP contribution in [0.15, 0.2) is 78.0 Å². The Bertz CT molecular complexity index is 1200. The van der Waals surface area contributed by atoms with Crippen molar-refractivity contribution in [2.45, 2.75) is 26.8 Å². The van der Waals surface area contributed by atoms with Crippen molar-refractivity contribution >= 4 is 23.5 Å². The molecule has 186 valence electrons. The third kappa shape index (κ3) is 6.53. The molecular weight excluding hydrogens is 460 g/mol. The second kappa shape index (κ2) is 12.3. The third-order valence-electron chi connectivity index (χ3n) is 5.09. The van der Waals surface area contributed by atoms with E-state index in [9.17, 15) is 14.4 Å². The summed E-state index contributed by atoms with van der Waals surface area (Å²) < 4.78 is 10.6. The minimum Gasteiger partial charge on any atom is -0.493 e. The Hall–Kier alpha value is -4.53. The third-order valence-corrected chi connectivity index (χ3v) is 5.09. The van der Waals surface area contributed by atoms with Crippen molar-refractivity contribution in [3.05, 3.63) is 89.7 Å². The van der Waals surface area contributed by atoms with Gasteiger partial charge in [-0.1, -0.05) is 74.5 Å². The molecule has 0 bridgehead atoms. The molecule has 3 rings (SSSR count). The number of pyridine rings is 1. The van der Waals surface area contributed by atoms with E-state index in [1.807, 2.05) is 60.7 Å². The minimum absolute atomic E-state index is 0.114. The topological polar surface area (TPSA) is 119 Å². The van der Waals surface area contributed by atoms with Gasteiger partial charge in [0.05, 0.1) is 18.7 Å². The number of nitrogens with zero attached hydrogens (tertiary/aromatic N) is 2. The predicted octanol–water partition coefficient (Wildman–Crippen LogP) is 3.34. The summed E-state index contributed by atoms with van der Waals surface area (Å²) in [5.74, 6) is -2.19. The molecule has 1 aromatic heterocycles. The van der Waals surface area contributed by atoms with E-state index >= 15 is 0 Å². The van der Waals surface area contributed by atoms with E-state index in [4.69, 9.17) is 9.47 Å². The van der Waals surface area contributed by atoms with Crippen molar-refractivity contribution in [1.29, 1.82) is 0 Å². The number of esters is 1. The SMILES string of the molecule is COc1ccnc(C(=O)N[C@@H](C)C(=O)NN=C(c2ccccc2)c2ccccc2)c1OC(=O)C(C)C. The standard InChI is InChI=1S/C27H28N4O5/c1-17(2)27(34)36-24-21(35-4)15-16-28-23(24)26(33)29-18(3)25(32)31-30-22(19-11-7-5-8-12-19)20-13-9-6-10-14-20/h5-18H,1-4H3,(H,29,33)(H,31,32)/t18-/m0/s1. The lowest BCUT2D eigenvalue weighted by Crippen LogP contribution is -2.44. The predicted molar refractivity (Wildman–Crippen MR) is 135 cm³/mol. The summed E-state index contributed by atoms with van der Waals surface area (Å²) in [7, 11) is 1.38. The van der Waals surface area contributed by atoms with Crippen LogP contribution in [0, 0.1) is 5.92 Å². The summed E-state index contributed by atoms with van der Waals surface area (Å²) in [6, 6.07) is 19.3. The zero-order chi connectivity index (χ0) is 26.1. The van der Waals surface area contributed by atoms with Gasteiger partial charge in [-0.3, -0.25) is 14.4 Å². The highest BCUT2D eigenvalue weighted by atomic mass is 16.6. The van der Waals surface area contributed by atoms with Gasteiger partial charge in [0, 0.05) is 23.4 Å². The van der Waals surface area contributed by atoms with Crippen LogP contribution in [0.2, 0.25) is 0 Å². The van der Waals surface area contributed by atoms with Crippen LogP contribution in [0.25, 0.3) is 0 Å². The second-order valence-electron chi connectivity index (χ2n) is 8.13. The van der Waals surface area contributed by atoms with Gasteiger partial charge in [-0.05, 0) is 6.92 Å². The largest absolute Gasteiger partial charge is 0.493 e. The monoisotopic (exact) mass is 488 g/mol. The van der Waals surface area contributed by atoms with Crippen molar-refractivity contribution in [3.63, 3.8) is 0 Å². The molecule has 2 N–H and O–H groups in total. The number of amides is 2. The Morgan fingerprint density at radius 2 is 1.47 bits per heavy atom. The highest BCUT2D eigenvalue weighted by molar-refractivity contribution is 6.13. The van der Waals surface area contributed by atoms with Gasteiger partial charge in [0.1, 0.15) is 6.04 Å². The zero-order valence-electron chi connectivity index (χ0n) is 20.5. The normalized spacial score (nSPS) is 11.2. The Morgan fingerprint density at radius 1 is 0.889 bits per heavy atom. The summed E-state index contributed by atoms with van der Waals surface area (Å²) >= 11 is 0. The summed E-state index contributed by atoms with van der Waals surface area (Å²) in [6.07, 6.45) is 1.35. The first-order valence-electron chi connectivity index (χ1n) is 11.4. The Balaban J connectivity index is 1.78. The Kier molecular flexibility index (Phi) is 8.88. The first kappa shape index (κ1) is 26.1. The molecule has 0 saturated heterocycles. The fourth-order valence-corrected chi connectivity index (χ4v) is 3.10. The second-order valence-corrected chi connectivity index (χ2v) is 8.13. The average molecular weight is 489 g/mol. The van der Waals surface area contributed by atoms with Gasteiger partial charge < -0.3 is 14.8 Å². The molecule has 0 saturated carbocycles. The maximum atomic E-state index is 12.9. The number of hydrazone groups is 1. The molecule has 0 spiro atoms. The average Bonchev–Trinajstić information content (AvgIpc) is 2.89. The fourth-order valence-electron chi connectivity index (χ4n) is 3.10. The maximum Gasteiger partial charge on any atom is 0.313 e. The summed E-state index contributed by atoms with van der Waals surface area (Å²) in [6.45, 7) is 4.83. The van der Waals surface area contributed by atoms with E-state index in [0.717, 1.165) is 11.1 Å². The fraction of sp³-hybridized carbons (Fsp3) is 0.222. The number of aromatic nitrogens is 1. The molecule has 0 unspecified atom stereocenters. The van der Waals surface area contributed by atoms with Crippen LogP contribution in [0.4, 0.5) is 0 Å². The molecule has 0 aliphatic rings. The lowest BCUT2D eigenvalue weighted by Gasteiger charge is -2.16. The molecule has 9 heteroatoms. The Labute approximate surface area is 209 Å². The summed E-state index contributed by atoms with van der Waals surface area (Å²) in [5.41, 5.74) is 4.55. The minimum atomic E-state index is -0.976. The lowest BCUT2D eigenvalue weighted by molar-refractivity contribution is -0.137. The van der Waals surface area contributed by atoms with Crippen molar-refractivity contribution in [2.75, 3.05) is 7.11 Å². The van der Waals surface area contributed by atoms with Gasteiger partial charge in [0.2, 0.25) is 5.75 Å². The highest BCUT2D eigenvalue weighted by Crippen LogP contribution is 2.30. The molecule has 0 aliphatic carbocycles. The van der Waals surface area contributed by atoms with E-state index < -0.39 is 29.7 Å². The van der Waals surface area contributed by atoms with Crippen molar-refractivity contribution in [1.82, 2.24) is 15.7 Å². The number of benzene rings is 2. The highest BCUT2D eigenvalue weighted by Gasteiger charge is 2.25. The molecule has 0 aliphatic heterocycles. The van der Waals surface area contributed by atoms with Gasteiger partial charge in [0.15, 0.2) is 11.4 Å². The number of nitrogens with one attached hydrogen (secondary N) is 2. The maximum absolute atomic E-state index is 12.9. The summed E-state index contributed by atoms with van der Waals surface area (Å²) in [5, 5.41) is 6.89. The number of ether oxygens (including phenoxy) is 2. The van der Waals surface area contributed by atoms with E-state index in [-0.39, 0.29) is 17.2 Å². The van der Waals surface area contributed by atoms with Crippen LogP contribution in [-0.2, 0) is 9.59 Å². The van der Waals surface area contributed by atoms with Gasteiger partial charge in [-0.15, -0.1) is 0 Å². The van der Waals surface area contributed by atoms with Crippen LogP contribution >= 0.6 is 0 Å². The van der Waals surface area contributed by atoms with Crippen LogP contribution in [0.5, 0.6) is 11.5 Å². The zero-order valence-corrected chi connectivity index (χ0v) is 20.5. The van der Waals surface area contributed by atoms with Gasteiger partial charge >= 0.3 is 5.97 Å². The lowest BCUT2D eigenvalue weighted by atomic mass is 10.0. The smallest absolute Gasteiger partial charge is 0.313 e. The quantitative estimate of drug-likeness (QED) is 0.271. The molecule has 2 aromatic carbocycles. The molecular formula is C27H28N4O5. The first-order chi connectivity index (χ1) is 17.3. The van der Waals surface area contributed by atoms with Crippen LogP contribution in [0.3, 0.4) is 0 Å². The molecule has 36 heavy (non-hydrogen) atoms. The van der Waals surface area contributed by atoms with Crippen LogP contribution in [-0.4, -0.2) is 41.6 Å². The molecule has 1 atom stereocenters. The van der Waals surface area contributed by atoms with E-state index in [0.29, 0.717) is 5.71 Å². The molecule has 3 aromatic rings. The molecule has 2 amide bonds. The molecule has 9 nitrogen and oxygen atoms in total. The number of carbonyl (C=O) groups excluding carboxylic acids is 3. The van der Waals surface area contributed by atoms with Gasteiger partial charge in [-0.25, -0.2) is 10.4 Å². The molecule has 1 heterocycles. The van der Waals surface area contributed by atoms with E-state index in [1.54, 1.807) is 13.8 Å². The number of hydrogen-bond acceptors (Lipinski definition) is 7. The van der Waals surface area contributed by atoms with Crippen molar-refractivity contribution in [3.8, 4) is 11.5 Å². The van der Waals surface area contributed by atoms with Crippen LogP contribution in [0.1, 0.15) is 42.4 Å². The van der Waals surface area contributed by atoms with E-state index in [2.05, 4.69) is 20.8 Å². The first-order valence-corrected chi connectivity index (χ1v) is 11.4. The summed E-state index contributed by atoms with van der Waals surface area (Å²) in [4.78, 5) is 41.9. The Morgan fingerprint density at radius 3 is 2.00 bits per heavy atom. The number of methoxy groups -OCH3 is 1. The molecule has 0 fully saturated rings. The van der Waals surface area contributed by atoms with Crippen molar-refractivity contribution < 1.29 is 23.9 Å². The molecule has 0 radical (unpaired) electrons. The number of rotatable bonds is 9. The van der Waals surface area contributed by atoms with Gasteiger partial charge in [0.25, 0.3) is 11.8 Å². The number of hydrogen-bond donors (Lipinski definition) is 2. The van der Waals surface area contributed by atoms with Crippen molar-refractivity contribution in [2.24, 2.45) is 11.0 Å². The van der Waals surface area contributed by atoms with E-state index in [1.165, 1.54) is 26.3 Å². The van der Waals surface area contributed by atoms with Gasteiger partial charge in [-0.2, -0.15) is 5.10 Å².